The number of primary amides is 1. The van der Waals surface area contributed by atoms with E-state index in [1.807, 2.05) is 4.90 Å². The molecule has 168 valence electrons. The number of nitrogens with two attached hydrogens (primary N) is 1. The van der Waals surface area contributed by atoms with Crippen LogP contribution in [-0.2, 0) is 14.4 Å². The molecule has 1 saturated heterocycles. The Bertz CT molecular complexity index is 1160. The minimum absolute atomic E-state index is 0.0475. The van der Waals surface area contributed by atoms with E-state index in [-0.39, 0.29) is 40.6 Å². The number of carbonyl (C=O) groups is 3. The first kappa shape index (κ1) is 22.1. The SMILES string of the molecule is NC(=O)C1CCN(c2nc3c(c(=O)[nH]2)[C@@H](C(=O)Nc2ccc(Cl)c(Cl)c2)CC(=O)N3)CC1. The second kappa shape index (κ2) is 8.79. The molecule has 0 bridgehead atoms. The molecule has 0 unspecified atom stereocenters. The van der Waals surface area contributed by atoms with Gasteiger partial charge in [0, 0.05) is 31.1 Å². The minimum Gasteiger partial charge on any atom is -0.369 e. The zero-order valence-corrected chi connectivity index (χ0v) is 18.3. The number of hydrogen-bond acceptors (Lipinski definition) is 6. The molecule has 0 aliphatic carbocycles. The average Bonchev–Trinajstić information content (AvgIpc) is 2.75. The van der Waals surface area contributed by atoms with Crippen molar-refractivity contribution >= 4 is 58.4 Å². The number of aromatic nitrogens is 2. The van der Waals surface area contributed by atoms with Crippen LogP contribution in [0.4, 0.5) is 17.5 Å². The molecular formula is C20H20Cl2N6O4. The standard InChI is InChI=1S/C20H20Cl2N6O4/c21-12-2-1-10(7-13(12)22)24-18(31)11-8-14(29)25-17-15(11)19(32)27-20(26-17)28-5-3-9(4-6-28)16(23)30/h1-2,7,9,11H,3-6,8H2,(H2,23,30)(H,24,31)(H2,25,26,27,29,32)/t11-/m0/s1. The number of amides is 3. The number of anilines is 3. The molecule has 32 heavy (non-hydrogen) atoms. The van der Waals surface area contributed by atoms with Crippen molar-refractivity contribution in [1.82, 2.24) is 9.97 Å². The lowest BCUT2D eigenvalue weighted by Crippen LogP contribution is -2.41. The number of carbonyl (C=O) groups excluding carboxylic acids is 3. The Morgan fingerprint density at radius 3 is 2.53 bits per heavy atom. The highest BCUT2D eigenvalue weighted by Gasteiger charge is 2.35. The summed E-state index contributed by atoms with van der Waals surface area (Å²) in [5.41, 5.74) is 5.31. The molecule has 12 heteroatoms. The fraction of sp³-hybridized carbons (Fsp3) is 0.350. The summed E-state index contributed by atoms with van der Waals surface area (Å²) < 4.78 is 0. The van der Waals surface area contributed by atoms with E-state index in [0.717, 1.165) is 0 Å². The number of fused-ring (bicyclic) bond motifs is 1. The smallest absolute Gasteiger partial charge is 0.258 e. The van der Waals surface area contributed by atoms with E-state index in [1.165, 1.54) is 12.1 Å². The van der Waals surface area contributed by atoms with E-state index in [0.29, 0.717) is 36.6 Å². The molecule has 0 spiro atoms. The van der Waals surface area contributed by atoms with E-state index < -0.39 is 23.3 Å². The van der Waals surface area contributed by atoms with Gasteiger partial charge in [0.15, 0.2) is 0 Å². The van der Waals surface area contributed by atoms with E-state index in [2.05, 4.69) is 20.6 Å². The molecule has 1 aromatic heterocycles. The Hall–Kier alpha value is -3.11. The van der Waals surface area contributed by atoms with Gasteiger partial charge in [-0.25, -0.2) is 0 Å². The van der Waals surface area contributed by atoms with Gasteiger partial charge in [-0.2, -0.15) is 4.98 Å². The van der Waals surface area contributed by atoms with Crippen LogP contribution in [0.2, 0.25) is 10.0 Å². The van der Waals surface area contributed by atoms with E-state index in [9.17, 15) is 19.2 Å². The molecule has 1 fully saturated rings. The lowest BCUT2D eigenvalue weighted by molar-refractivity contribution is -0.123. The van der Waals surface area contributed by atoms with E-state index in [1.54, 1.807) is 6.07 Å². The first-order valence-electron chi connectivity index (χ1n) is 9.97. The highest BCUT2D eigenvalue weighted by Crippen LogP contribution is 2.32. The van der Waals surface area contributed by atoms with Gasteiger partial charge in [-0.1, -0.05) is 23.2 Å². The maximum absolute atomic E-state index is 12.9. The maximum atomic E-state index is 12.9. The van der Waals surface area contributed by atoms with Gasteiger partial charge < -0.3 is 21.3 Å². The Labute approximate surface area is 192 Å². The number of H-pyrrole nitrogens is 1. The number of benzene rings is 1. The topological polar surface area (TPSA) is 150 Å². The Kier molecular flexibility index (Phi) is 6.07. The minimum atomic E-state index is -1.03. The number of rotatable bonds is 4. The first-order chi connectivity index (χ1) is 15.2. The maximum Gasteiger partial charge on any atom is 0.258 e. The Morgan fingerprint density at radius 2 is 1.88 bits per heavy atom. The summed E-state index contributed by atoms with van der Waals surface area (Å²) in [7, 11) is 0. The summed E-state index contributed by atoms with van der Waals surface area (Å²) >= 11 is 11.9. The highest BCUT2D eigenvalue weighted by molar-refractivity contribution is 6.42. The molecule has 1 atom stereocenters. The van der Waals surface area contributed by atoms with E-state index >= 15 is 0 Å². The lowest BCUT2D eigenvalue weighted by Gasteiger charge is -2.32. The summed E-state index contributed by atoms with van der Waals surface area (Å²) in [6.45, 7) is 0.953. The first-order valence-corrected chi connectivity index (χ1v) is 10.7. The van der Waals surface area contributed by atoms with Crippen molar-refractivity contribution in [2.45, 2.75) is 25.2 Å². The molecule has 3 heterocycles. The van der Waals surface area contributed by atoms with Gasteiger partial charge in [0.1, 0.15) is 5.82 Å². The second-order valence-electron chi connectivity index (χ2n) is 7.74. The van der Waals surface area contributed by atoms with Gasteiger partial charge in [0.25, 0.3) is 5.56 Å². The van der Waals surface area contributed by atoms with Crippen LogP contribution in [0.5, 0.6) is 0 Å². The number of hydrogen-bond donors (Lipinski definition) is 4. The predicted molar refractivity (Wildman–Crippen MR) is 120 cm³/mol. The van der Waals surface area contributed by atoms with Crippen LogP contribution in [-0.4, -0.2) is 40.8 Å². The van der Waals surface area contributed by atoms with Crippen molar-refractivity contribution < 1.29 is 14.4 Å². The number of nitrogens with one attached hydrogen (secondary N) is 3. The van der Waals surface area contributed by atoms with Gasteiger partial charge in [-0.15, -0.1) is 0 Å². The molecule has 2 aliphatic rings. The Morgan fingerprint density at radius 1 is 1.16 bits per heavy atom. The van der Waals surface area contributed by atoms with Crippen LogP contribution in [0.25, 0.3) is 0 Å². The average molecular weight is 479 g/mol. The van der Waals surface area contributed by atoms with Crippen LogP contribution in [0.3, 0.4) is 0 Å². The fourth-order valence-corrected chi connectivity index (χ4v) is 4.21. The van der Waals surface area contributed by atoms with Crippen molar-refractivity contribution in [1.29, 1.82) is 0 Å². The molecule has 0 radical (unpaired) electrons. The molecule has 10 nitrogen and oxygen atoms in total. The van der Waals surface area contributed by atoms with Crippen molar-refractivity contribution in [3.8, 4) is 0 Å². The van der Waals surface area contributed by atoms with Crippen molar-refractivity contribution in [3.05, 3.63) is 44.2 Å². The van der Waals surface area contributed by atoms with Crippen molar-refractivity contribution in [2.75, 3.05) is 28.6 Å². The van der Waals surface area contributed by atoms with Gasteiger partial charge >= 0.3 is 0 Å². The number of halogens is 2. The van der Waals surface area contributed by atoms with Crippen molar-refractivity contribution in [3.63, 3.8) is 0 Å². The molecular weight excluding hydrogens is 459 g/mol. The van der Waals surface area contributed by atoms with E-state index in [4.69, 9.17) is 28.9 Å². The monoisotopic (exact) mass is 478 g/mol. The fourth-order valence-electron chi connectivity index (χ4n) is 3.91. The van der Waals surface area contributed by atoms with Crippen molar-refractivity contribution in [2.24, 2.45) is 11.7 Å². The van der Waals surface area contributed by atoms with Gasteiger partial charge in [0.2, 0.25) is 23.7 Å². The third-order valence-corrected chi connectivity index (χ3v) is 6.38. The Balaban J connectivity index is 1.59. The largest absolute Gasteiger partial charge is 0.369 e. The molecule has 5 N–H and O–H groups in total. The van der Waals surface area contributed by atoms with Crippen LogP contribution < -0.4 is 26.8 Å². The summed E-state index contributed by atoms with van der Waals surface area (Å²) in [5, 5.41) is 5.84. The molecule has 0 saturated carbocycles. The van der Waals surface area contributed by atoms with Crippen LogP contribution >= 0.6 is 23.2 Å². The van der Waals surface area contributed by atoms with Crippen LogP contribution in [0, 0.1) is 5.92 Å². The third-order valence-electron chi connectivity index (χ3n) is 5.64. The third kappa shape index (κ3) is 4.42. The van der Waals surface area contributed by atoms with Gasteiger partial charge in [-0.05, 0) is 31.0 Å². The summed E-state index contributed by atoms with van der Waals surface area (Å²) in [4.78, 5) is 58.4. The zero-order chi connectivity index (χ0) is 23.0. The molecule has 3 amide bonds. The number of aromatic amines is 1. The normalized spacial score (nSPS) is 18.6. The quantitative estimate of drug-likeness (QED) is 0.526. The van der Waals surface area contributed by atoms with Gasteiger partial charge in [-0.3, -0.25) is 24.2 Å². The summed E-state index contributed by atoms with van der Waals surface area (Å²) in [5.74, 6) is -2.25. The highest BCUT2D eigenvalue weighted by atomic mass is 35.5. The summed E-state index contributed by atoms with van der Waals surface area (Å²) in [6, 6.07) is 4.58. The molecule has 4 rings (SSSR count). The summed E-state index contributed by atoms with van der Waals surface area (Å²) in [6.07, 6.45) is 0.878. The molecule has 2 aromatic rings. The molecule has 2 aliphatic heterocycles. The van der Waals surface area contributed by atoms with Crippen LogP contribution in [0.15, 0.2) is 23.0 Å². The van der Waals surface area contributed by atoms with Gasteiger partial charge in [0.05, 0.1) is 21.5 Å². The molecule has 1 aromatic carbocycles. The predicted octanol–water partition coefficient (Wildman–Crippen LogP) is 1.84. The number of nitrogens with zero attached hydrogens (tertiary/aromatic N) is 2. The zero-order valence-electron chi connectivity index (χ0n) is 16.8. The number of piperidine rings is 1. The van der Waals surface area contributed by atoms with Crippen LogP contribution in [0.1, 0.15) is 30.7 Å². The lowest BCUT2D eigenvalue weighted by atomic mass is 9.92. The second-order valence-corrected chi connectivity index (χ2v) is 8.55.